The lowest BCUT2D eigenvalue weighted by atomic mass is 10.2. The third-order valence-corrected chi connectivity index (χ3v) is 5.13. The molecule has 1 fully saturated rings. The predicted molar refractivity (Wildman–Crippen MR) is 127 cm³/mol. The van der Waals surface area contributed by atoms with E-state index in [0.717, 1.165) is 36.7 Å². The van der Waals surface area contributed by atoms with Gasteiger partial charge in [-0.25, -0.2) is 19.7 Å². The molecular weight excluding hydrogens is 497 g/mol. The van der Waals surface area contributed by atoms with Crippen molar-refractivity contribution in [3.05, 3.63) is 35.5 Å². The second-order valence-corrected chi connectivity index (χ2v) is 8.20. The van der Waals surface area contributed by atoms with Crippen LogP contribution in [0.1, 0.15) is 35.6 Å². The summed E-state index contributed by atoms with van der Waals surface area (Å²) in [5, 5.41) is 13.3. The SMILES string of the molecule is CCOc1nc(N2CCN[C@@H](C)C2)ncc1C(=O)Nc1cn2cc(C)nc2c(C)n1.O=C(O)C(F)(F)F. The predicted octanol–water partition coefficient (Wildman–Crippen LogP) is 2.22. The van der Waals surface area contributed by atoms with Gasteiger partial charge in [-0.1, -0.05) is 0 Å². The number of aryl methyl sites for hydroxylation is 2. The number of carbonyl (C=O) groups excluding carboxylic acids is 1. The van der Waals surface area contributed by atoms with Crippen LogP contribution in [-0.2, 0) is 4.79 Å². The van der Waals surface area contributed by atoms with Gasteiger partial charge in [-0.3, -0.25) is 4.79 Å². The minimum absolute atomic E-state index is 0.266. The molecule has 1 atom stereocenters. The quantitative estimate of drug-likeness (QED) is 0.454. The van der Waals surface area contributed by atoms with Crippen molar-refractivity contribution in [2.45, 2.75) is 39.9 Å². The topological polar surface area (TPSA) is 147 Å². The number of hydrogen-bond acceptors (Lipinski definition) is 9. The number of amides is 1. The third-order valence-electron chi connectivity index (χ3n) is 5.13. The maximum Gasteiger partial charge on any atom is 0.490 e. The first-order valence-corrected chi connectivity index (χ1v) is 11.3. The van der Waals surface area contributed by atoms with E-state index in [1.807, 2.05) is 31.4 Å². The molecule has 1 aliphatic heterocycles. The maximum atomic E-state index is 12.9. The summed E-state index contributed by atoms with van der Waals surface area (Å²) in [5.41, 5.74) is 2.64. The average molecular weight is 525 g/mol. The summed E-state index contributed by atoms with van der Waals surface area (Å²) in [5.74, 6) is -1.88. The number of nitrogens with one attached hydrogen (secondary N) is 2. The monoisotopic (exact) mass is 524 g/mol. The first-order chi connectivity index (χ1) is 17.4. The molecule has 0 saturated carbocycles. The standard InChI is InChI=1S/C20H26N8O2.C2HF3O2/c1-5-30-19-15(8-22-20(26-19)27-7-6-21-12(2)9-27)18(29)25-16-11-28-10-13(3)23-17(28)14(4)24-16;3-2(4,5)1(6)7/h8,10-12,21H,5-7,9H2,1-4H3,(H,25,29);(H,6,7)/t12-;/m0./s1. The van der Waals surface area contributed by atoms with Crippen LogP contribution < -0.4 is 20.3 Å². The number of imidazole rings is 1. The molecule has 200 valence electrons. The second-order valence-electron chi connectivity index (χ2n) is 8.20. The zero-order chi connectivity index (χ0) is 27.3. The summed E-state index contributed by atoms with van der Waals surface area (Å²) in [6, 6.07) is 0.344. The number of fused-ring (bicyclic) bond motifs is 1. The van der Waals surface area contributed by atoms with Gasteiger partial charge < -0.3 is 29.8 Å². The van der Waals surface area contributed by atoms with Crippen molar-refractivity contribution in [2.24, 2.45) is 0 Å². The number of ether oxygens (including phenoxy) is 1. The van der Waals surface area contributed by atoms with Crippen LogP contribution in [0.5, 0.6) is 5.88 Å². The van der Waals surface area contributed by atoms with Gasteiger partial charge in [-0.15, -0.1) is 0 Å². The minimum Gasteiger partial charge on any atom is -0.477 e. The van der Waals surface area contributed by atoms with Gasteiger partial charge in [-0.2, -0.15) is 18.2 Å². The van der Waals surface area contributed by atoms with Gasteiger partial charge in [-0.05, 0) is 27.7 Å². The maximum absolute atomic E-state index is 12.9. The lowest BCUT2D eigenvalue weighted by Crippen LogP contribution is -2.49. The fourth-order valence-electron chi connectivity index (χ4n) is 3.54. The van der Waals surface area contributed by atoms with E-state index in [1.165, 1.54) is 6.20 Å². The molecule has 0 radical (unpaired) electrons. The van der Waals surface area contributed by atoms with E-state index >= 15 is 0 Å². The fraction of sp³-hybridized carbons (Fsp3) is 0.455. The van der Waals surface area contributed by atoms with Crippen molar-refractivity contribution in [3.8, 4) is 5.88 Å². The van der Waals surface area contributed by atoms with Gasteiger partial charge in [0.15, 0.2) is 5.65 Å². The highest BCUT2D eigenvalue weighted by Crippen LogP contribution is 2.21. The smallest absolute Gasteiger partial charge is 0.477 e. The van der Waals surface area contributed by atoms with Crippen molar-refractivity contribution < 1.29 is 32.6 Å². The molecule has 0 bridgehead atoms. The van der Waals surface area contributed by atoms with Gasteiger partial charge in [0.25, 0.3) is 5.91 Å². The highest BCUT2D eigenvalue weighted by molar-refractivity contribution is 6.05. The fourth-order valence-corrected chi connectivity index (χ4v) is 3.54. The van der Waals surface area contributed by atoms with Crippen molar-refractivity contribution >= 4 is 29.3 Å². The molecule has 0 unspecified atom stereocenters. The minimum atomic E-state index is -5.08. The molecule has 0 aromatic carbocycles. The Hall–Kier alpha value is -4.01. The van der Waals surface area contributed by atoms with Gasteiger partial charge in [0.05, 0.1) is 24.2 Å². The van der Waals surface area contributed by atoms with Gasteiger partial charge in [0.2, 0.25) is 11.8 Å². The molecule has 3 N–H and O–H groups in total. The number of piperazine rings is 1. The van der Waals surface area contributed by atoms with Crippen LogP contribution in [0.2, 0.25) is 0 Å². The van der Waals surface area contributed by atoms with Crippen molar-refractivity contribution in [2.75, 3.05) is 36.5 Å². The Labute approximate surface area is 209 Å². The molecule has 15 heteroatoms. The zero-order valence-electron chi connectivity index (χ0n) is 20.6. The van der Waals surface area contributed by atoms with Crippen LogP contribution >= 0.6 is 0 Å². The Kier molecular flexibility index (Phi) is 8.47. The Morgan fingerprint density at radius 2 is 1.95 bits per heavy atom. The summed E-state index contributed by atoms with van der Waals surface area (Å²) >= 11 is 0. The van der Waals surface area contributed by atoms with Crippen molar-refractivity contribution in [1.29, 1.82) is 0 Å². The molecular formula is C22H27F3N8O4. The number of alkyl halides is 3. The first kappa shape index (κ1) is 27.6. The molecule has 3 aromatic rings. The lowest BCUT2D eigenvalue weighted by molar-refractivity contribution is -0.192. The van der Waals surface area contributed by atoms with Crippen LogP contribution in [-0.4, -0.2) is 79.8 Å². The normalized spacial score (nSPS) is 15.6. The van der Waals surface area contributed by atoms with E-state index in [4.69, 9.17) is 14.6 Å². The Bertz CT molecular complexity index is 1280. The van der Waals surface area contributed by atoms with Crippen molar-refractivity contribution in [3.63, 3.8) is 0 Å². The molecule has 1 amide bonds. The number of nitrogens with zero attached hydrogens (tertiary/aromatic N) is 6. The number of aromatic nitrogens is 5. The molecule has 0 spiro atoms. The van der Waals surface area contributed by atoms with Crippen LogP contribution in [0.4, 0.5) is 24.9 Å². The van der Waals surface area contributed by atoms with E-state index in [0.29, 0.717) is 24.4 Å². The molecule has 0 aliphatic carbocycles. The zero-order valence-corrected chi connectivity index (χ0v) is 20.6. The van der Waals surface area contributed by atoms with Crippen LogP contribution in [0, 0.1) is 13.8 Å². The van der Waals surface area contributed by atoms with Crippen molar-refractivity contribution in [1.82, 2.24) is 29.7 Å². The number of anilines is 2. The highest BCUT2D eigenvalue weighted by atomic mass is 19.4. The Morgan fingerprint density at radius 3 is 2.57 bits per heavy atom. The molecule has 1 aliphatic rings. The van der Waals surface area contributed by atoms with Crippen LogP contribution in [0.15, 0.2) is 18.6 Å². The molecule has 3 aromatic heterocycles. The second kappa shape index (κ2) is 11.4. The summed E-state index contributed by atoms with van der Waals surface area (Å²) in [4.78, 5) is 41.7. The summed E-state index contributed by atoms with van der Waals surface area (Å²) in [6.45, 7) is 10.6. The van der Waals surface area contributed by atoms with Gasteiger partial charge >= 0.3 is 12.1 Å². The molecule has 37 heavy (non-hydrogen) atoms. The van der Waals surface area contributed by atoms with E-state index in [2.05, 4.69) is 42.4 Å². The third kappa shape index (κ3) is 7.03. The summed E-state index contributed by atoms with van der Waals surface area (Å²) in [6.07, 6.45) is 0.0533. The first-order valence-electron chi connectivity index (χ1n) is 11.3. The molecule has 4 rings (SSSR count). The highest BCUT2D eigenvalue weighted by Gasteiger charge is 2.38. The van der Waals surface area contributed by atoms with Crippen LogP contribution in [0.3, 0.4) is 0 Å². The summed E-state index contributed by atoms with van der Waals surface area (Å²) in [7, 11) is 0. The Morgan fingerprint density at radius 1 is 1.24 bits per heavy atom. The number of hydrogen-bond donors (Lipinski definition) is 3. The van der Waals surface area contributed by atoms with Crippen LogP contribution in [0.25, 0.3) is 5.65 Å². The number of carbonyl (C=O) groups is 2. The van der Waals surface area contributed by atoms with Gasteiger partial charge in [0.1, 0.15) is 11.4 Å². The molecule has 12 nitrogen and oxygen atoms in total. The number of carboxylic acid groups (broad SMARTS) is 1. The number of carboxylic acids is 1. The van der Waals surface area contributed by atoms with E-state index in [-0.39, 0.29) is 17.4 Å². The molecule has 4 heterocycles. The summed E-state index contributed by atoms with van der Waals surface area (Å²) < 4.78 is 39.2. The van der Waals surface area contributed by atoms with Gasteiger partial charge in [0, 0.05) is 38.1 Å². The van der Waals surface area contributed by atoms with E-state index in [1.54, 1.807) is 6.20 Å². The molecule has 1 saturated heterocycles. The Balaban J connectivity index is 0.000000479. The number of rotatable bonds is 5. The lowest BCUT2D eigenvalue weighted by Gasteiger charge is -2.32. The number of aliphatic carboxylic acids is 1. The largest absolute Gasteiger partial charge is 0.490 e. The number of halogens is 3. The van der Waals surface area contributed by atoms with E-state index in [9.17, 15) is 18.0 Å². The van der Waals surface area contributed by atoms with E-state index < -0.39 is 12.1 Å². The average Bonchev–Trinajstić information content (AvgIpc) is 3.20.